The standard InChI is InChI=1S/C14H15N3O4/c15-8-5-9-11-7(6-16-12(11)13(8)19)4-10(14(20)21)17(9)2-1-3-18/h5-6,10,15-16,18H,1-4H2,(H,20,21). The molecule has 1 atom stereocenters. The molecule has 0 fully saturated rings. The number of nitrogens with one attached hydrogen (secondary N) is 2. The molecule has 7 heteroatoms. The molecule has 1 unspecified atom stereocenters. The zero-order valence-corrected chi connectivity index (χ0v) is 11.2. The van der Waals surface area contributed by atoms with Crippen LogP contribution < -0.4 is 0 Å². The van der Waals surface area contributed by atoms with Crippen molar-refractivity contribution in [3.05, 3.63) is 29.1 Å². The van der Waals surface area contributed by atoms with E-state index in [1.807, 2.05) is 0 Å². The predicted molar refractivity (Wildman–Crippen MR) is 74.4 cm³/mol. The lowest BCUT2D eigenvalue weighted by Crippen LogP contribution is -2.46. The number of nitrogens with zero attached hydrogens (tertiary/aromatic N) is 1. The highest BCUT2D eigenvalue weighted by Gasteiger charge is 2.39. The summed E-state index contributed by atoms with van der Waals surface area (Å²) in [6.07, 6.45) is 3.80. The molecular formula is C14H15N3O4. The Morgan fingerprint density at radius 2 is 2.29 bits per heavy atom. The topological polar surface area (TPSA) is 117 Å². The summed E-state index contributed by atoms with van der Waals surface area (Å²) in [4.78, 5) is 28.0. The van der Waals surface area contributed by atoms with Crippen molar-refractivity contribution in [1.29, 1.82) is 5.41 Å². The van der Waals surface area contributed by atoms with Crippen molar-refractivity contribution >= 4 is 23.2 Å². The Hall–Kier alpha value is -2.41. The minimum atomic E-state index is -0.953. The highest BCUT2D eigenvalue weighted by molar-refractivity contribution is 6.51. The summed E-state index contributed by atoms with van der Waals surface area (Å²) < 4.78 is 0. The highest BCUT2D eigenvalue weighted by Crippen LogP contribution is 2.37. The SMILES string of the molecule is N=C1C=C2c3c(c[nH]c3C1=O)CC(C(=O)O)N2CCCO. The van der Waals surface area contributed by atoms with E-state index in [9.17, 15) is 14.7 Å². The van der Waals surface area contributed by atoms with Crippen molar-refractivity contribution in [3.63, 3.8) is 0 Å². The second-order valence-corrected chi connectivity index (χ2v) is 5.17. The lowest BCUT2D eigenvalue weighted by atomic mass is 9.87. The molecule has 1 aliphatic carbocycles. The fraction of sp³-hybridized carbons (Fsp3) is 0.357. The molecular weight excluding hydrogens is 274 g/mol. The summed E-state index contributed by atoms with van der Waals surface area (Å²) in [6, 6.07) is -0.750. The van der Waals surface area contributed by atoms with E-state index in [1.165, 1.54) is 6.08 Å². The van der Waals surface area contributed by atoms with Gasteiger partial charge in [0.15, 0.2) is 0 Å². The molecule has 0 radical (unpaired) electrons. The van der Waals surface area contributed by atoms with E-state index in [2.05, 4.69) is 4.98 Å². The van der Waals surface area contributed by atoms with Crippen LogP contribution in [0.3, 0.4) is 0 Å². The number of aromatic nitrogens is 1. The van der Waals surface area contributed by atoms with Gasteiger partial charge in [0.1, 0.15) is 11.8 Å². The Kier molecular flexibility index (Phi) is 3.13. The minimum absolute atomic E-state index is 0.0423. The third-order valence-corrected chi connectivity index (χ3v) is 3.91. The maximum absolute atomic E-state index is 12.0. The van der Waals surface area contributed by atoms with E-state index in [0.717, 1.165) is 5.56 Å². The summed E-state index contributed by atoms with van der Waals surface area (Å²) in [7, 11) is 0. The number of aliphatic hydroxyl groups is 1. The minimum Gasteiger partial charge on any atom is -0.480 e. The molecule has 4 N–H and O–H groups in total. The summed E-state index contributed by atoms with van der Waals surface area (Å²) in [5.41, 5.74) is 2.26. The van der Waals surface area contributed by atoms with Crippen LogP contribution in [0.1, 0.15) is 28.0 Å². The number of Topliss-reactive ketones (excluding diaryl/α,β-unsaturated/α-hetero) is 1. The molecule has 21 heavy (non-hydrogen) atoms. The quantitative estimate of drug-likeness (QED) is 0.634. The van der Waals surface area contributed by atoms with Crippen LogP contribution in [0.5, 0.6) is 0 Å². The van der Waals surface area contributed by atoms with Crippen molar-refractivity contribution < 1.29 is 19.8 Å². The number of hydrogen-bond donors (Lipinski definition) is 4. The van der Waals surface area contributed by atoms with Crippen LogP contribution in [0.2, 0.25) is 0 Å². The number of hydrogen-bond acceptors (Lipinski definition) is 5. The molecule has 2 heterocycles. The van der Waals surface area contributed by atoms with Crippen molar-refractivity contribution in [2.24, 2.45) is 0 Å². The van der Waals surface area contributed by atoms with Crippen LogP contribution in [-0.4, -0.2) is 56.8 Å². The molecule has 110 valence electrons. The average Bonchev–Trinajstić information content (AvgIpc) is 2.87. The molecule has 0 aromatic carbocycles. The van der Waals surface area contributed by atoms with Crippen LogP contribution >= 0.6 is 0 Å². The number of aromatic amines is 1. The second-order valence-electron chi connectivity index (χ2n) is 5.17. The monoisotopic (exact) mass is 289 g/mol. The summed E-state index contributed by atoms with van der Waals surface area (Å²) in [5, 5.41) is 26.2. The number of H-pyrrole nitrogens is 1. The van der Waals surface area contributed by atoms with Crippen LogP contribution in [0.15, 0.2) is 12.3 Å². The lowest BCUT2D eigenvalue weighted by molar-refractivity contribution is -0.142. The van der Waals surface area contributed by atoms with Crippen molar-refractivity contribution in [2.75, 3.05) is 13.2 Å². The van der Waals surface area contributed by atoms with Crippen LogP contribution in [0.25, 0.3) is 5.70 Å². The number of carbonyl (C=O) groups excluding carboxylic acids is 1. The van der Waals surface area contributed by atoms with Crippen molar-refractivity contribution in [1.82, 2.24) is 9.88 Å². The van der Waals surface area contributed by atoms with E-state index in [-0.39, 0.29) is 18.1 Å². The van der Waals surface area contributed by atoms with Gasteiger partial charge in [-0.3, -0.25) is 10.2 Å². The van der Waals surface area contributed by atoms with Crippen LogP contribution in [0.4, 0.5) is 0 Å². The Bertz CT molecular complexity index is 674. The van der Waals surface area contributed by atoms with Crippen LogP contribution in [0, 0.1) is 5.41 Å². The molecule has 1 aromatic heterocycles. The largest absolute Gasteiger partial charge is 0.480 e. The molecule has 0 amide bonds. The molecule has 2 aliphatic rings. The van der Waals surface area contributed by atoms with Gasteiger partial charge in [0, 0.05) is 37.0 Å². The number of carboxylic acids is 1. The maximum atomic E-state index is 12.0. The number of carboxylic acid groups (broad SMARTS) is 1. The van der Waals surface area contributed by atoms with Gasteiger partial charge < -0.3 is 20.1 Å². The average molecular weight is 289 g/mol. The maximum Gasteiger partial charge on any atom is 0.326 e. The Balaban J connectivity index is 2.12. The number of carbonyl (C=O) groups is 2. The van der Waals surface area contributed by atoms with E-state index < -0.39 is 12.0 Å². The lowest BCUT2D eigenvalue weighted by Gasteiger charge is -2.38. The van der Waals surface area contributed by atoms with Crippen LogP contribution in [-0.2, 0) is 11.2 Å². The predicted octanol–water partition coefficient (Wildman–Crippen LogP) is 0.265. The van der Waals surface area contributed by atoms with Gasteiger partial charge >= 0.3 is 5.97 Å². The number of aliphatic hydroxyl groups excluding tert-OH is 1. The highest BCUT2D eigenvalue weighted by atomic mass is 16.4. The number of ketones is 1. The first kappa shape index (κ1) is 13.6. The van der Waals surface area contributed by atoms with Gasteiger partial charge in [0.05, 0.1) is 5.69 Å². The number of allylic oxidation sites excluding steroid dienone is 1. The first-order valence-corrected chi connectivity index (χ1v) is 6.70. The first-order chi connectivity index (χ1) is 10.0. The van der Waals surface area contributed by atoms with Gasteiger partial charge in [-0.15, -0.1) is 0 Å². The third kappa shape index (κ3) is 1.97. The zero-order valence-electron chi connectivity index (χ0n) is 11.2. The molecule has 0 spiro atoms. The molecule has 1 aliphatic heterocycles. The summed E-state index contributed by atoms with van der Waals surface area (Å²) in [5.74, 6) is -1.33. The molecule has 0 bridgehead atoms. The third-order valence-electron chi connectivity index (χ3n) is 3.91. The normalized spacial score (nSPS) is 20.3. The van der Waals surface area contributed by atoms with Gasteiger partial charge in [-0.05, 0) is 18.1 Å². The Morgan fingerprint density at radius 3 is 2.95 bits per heavy atom. The van der Waals surface area contributed by atoms with E-state index in [4.69, 9.17) is 10.5 Å². The van der Waals surface area contributed by atoms with Crippen molar-refractivity contribution in [3.8, 4) is 0 Å². The Labute approximate surface area is 120 Å². The molecule has 7 nitrogen and oxygen atoms in total. The smallest absolute Gasteiger partial charge is 0.326 e. The van der Waals surface area contributed by atoms with Gasteiger partial charge in [0.25, 0.3) is 0 Å². The first-order valence-electron chi connectivity index (χ1n) is 6.70. The molecule has 0 saturated heterocycles. The molecule has 3 rings (SSSR count). The Morgan fingerprint density at radius 1 is 1.52 bits per heavy atom. The van der Waals surface area contributed by atoms with Gasteiger partial charge in [-0.2, -0.15) is 0 Å². The second kappa shape index (κ2) is 4.85. The summed E-state index contributed by atoms with van der Waals surface area (Å²) >= 11 is 0. The van der Waals surface area contributed by atoms with E-state index >= 15 is 0 Å². The summed E-state index contributed by atoms with van der Waals surface area (Å²) in [6.45, 7) is 0.324. The van der Waals surface area contributed by atoms with Gasteiger partial charge in [-0.1, -0.05) is 0 Å². The van der Waals surface area contributed by atoms with E-state index in [0.29, 0.717) is 36.3 Å². The number of rotatable bonds is 4. The molecule has 1 aromatic rings. The number of aliphatic carboxylic acids is 1. The molecule has 0 saturated carbocycles. The van der Waals surface area contributed by atoms with Gasteiger partial charge in [-0.25, -0.2) is 4.79 Å². The fourth-order valence-electron chi connectivity index (χ4n) is 2.96. The van der Waals surface area contributed by atoms with E-state index in [1.54, 1.807) is 11.1 Å². The zero-order chi connectivity index (χ0) is 15.1. The fourth-order valence-corrected chi connectivity index (χ4v) is 2.96. The van der Waals surface area contributed by atoms with Gasteiger partial charge in [0.2, 0.25) is 5.78 Å². The van der Waals surface area contributed by atoms with Crippen molar-refractivity contribution in [2.45, 2.75) is 18.9 Å².